The molecular formula is C4H7NO4S. The van der Waals surface area contributed by atoms with Crippen molar-refractivity contribution in [1.82, 2.24) is 5.32 Å². The Morgan fingerprint density at radius 2 is 2.20 bits per heavy atom. The van der Waals surface area contributed by atoms with Crippen LogP contribution in [-0.4, -0.2) is 24.8 Å². The SMILES string of the molecule is C=CCNC(=O)S(=O)(=O)O. The van der Waals surface area contributed by atoms with Crippen LogP contribution in [0.1, 0.15) is 0 Å². The van der Waals surface area contributed by atoms with Gasteiger partial charge in [0.25, 0.3) is 0 Å². The largest absolute Gasteiger partial charge is 0.363 e. The second-order valence-electron chi connectivity index (χ2n) is 1.43. The molecule has 0 heterocycles. The van der Waals surface area contributed by atoms with Gasteiger partial charge in [-0.05, 0) is 0 Å². The maximum absolute atomic E-state index is 10.2. The first kappa shape index (κ1) is 9.12. The molecule has 0 aromatic heterocycles. The Morgan fingerprint density at radius 1 is 1.70 bits per heavy atom. The predicted molar refractivity (Wildman–Crippen MR) is 35.1 cm³/mol. The van der Waals surface area contributed by atoms with Gasteiger partial charge < -0.3 is 5.32 Å². The van der Waals surface area contributed by atoms with Gasteiger partial charge in [-0.15, -0.1) is 6.58 Å². The van der Waals surface area contributed by atoms with Crippen LogP contribution in [0.2, 0.25) is 0 Å². The molecular weight excluding hydrogens is 158 g/mol. The van der Waals surface area contributed by atoms with Gasteiger partial charge >= 0.3 is 15.4 Å². The van der Waals surface area contributed by atoms with E-state index in [0.717, 1.165) is 0 Å². The van der Waals surface area contributed by atoms with Crippen LogP contribution >= 0.6 is 0 Å². The number of carbonyl (C=O) groups excluding carboxylic acids is 1. The van der Waals surface area contributed by atoms with Crippen molar-refractivity contribution in [2.75, 3.05) is 6.54 Å². The van der Waals surface area contributed by atoms with Crippen LogP contribution in [0.5, 0.6) is 0 Å². The Labute approximate surface area is 58.5 Å². The molecule has 0 fully saturated rings. The second kappa shape index (κ2) is 3.33. The van der Waals surface area contributed by atoms with Gasteiger partial charge in [0.05, 0.1) is 0 Å². The van der Waals surface area contributed by atoms with Gasteiger partial charge in [0, 0.05) is 6.54 Å². The molecule has 0 unspecified atom stereocenters. The fourth-order valence-corrected chi connectivity index (χ4v) is 0.512. The van der Waals surface area contributed by atoms with Crippen molar-refractivity contribution in [3.8, 4) is 0 Å². The van der Waals surface area contributed by atoms with E-state index in [4.69, 9.17) is 4.55 Å². The van der Waals surface area contributed by atoms with Gasteiger partial charge in [0.1, 0.15) is 0 Å². The first-order valence-corrected chi connectivity index (χ1v) is 3.78. The summed E-state index contributed by atoms with van der Waals surface area (Å²) in [5.74, 6) is 0. The van der Waals surface area contributed by atoms with Crippen molar-refractivity contribution >= 4 is 15.4 Å². The van der Waals surface area contributed by atoms with E-state index in [-0.39, 0.29) is 6.54 Å². The van der Waals surface area contributed by atoms with E-state index in [2.05, 4.69) is 6.58 Å². The molecule has 58 valence electrons. The van der Waals surface area contributed by atoms with Crippen molar-refractivity contribution in [3.63, 3.8) is 0 Å². The third kappa shape index (κ3) is 3.21. The average molecular weight is 165 g/mol. The Kier molecular flexibility index (Phi) is 3.04. The van der Waals surface area contributed by atoms with Crippen LogP contribution in [0.3, 0.4) is 0 Å². The molecule has 0 atom stereocenters. The highest BCUT2D eigenvalue weighted by Gasteiger charge is 2.15. The summed E-state index contributed by atoms with van der Waals surface area (Å²) in [6.45, 7) is 3.24. The lowest BCUT2D eigenvalue weighted by atomic mass is 10.6. The number of nitrogens with one attached hydrogen (secondary N) is 1. The highest BCUT2D eigenvalue weighted by atomic mass is 32.2. The number of carbonyl (C=O) groups is 1. The molecule has 10 heavy (non-hydrogen) atoms. The molecule has 2 N–H and O–H groups in total. The van der Waals surface area contributed by atoms with Crippen molar-refractivity contribution in [2.45, 2.75) is 0 Å². The summed E-state index contributed by atoms with van der Waals surface area (Å²) >= 11 is 0. The molecule has 0 rings (SSSR count). The maximum atomic E-state index is 10.2. The van der Waals surface area contributed by atoms with Gasteiger partial charge in [-0.1, -0.05) is 6.08 Å². The molecule has 0 aliphatic carbocycles. The zero-order valence-corrected chi connectivity index (χ0v) is 5.89. The van der Waals surface area contributed by atoms with Gasteiger partial charge in [-0.25, -0.2) is 0 Å². The van der Waals surface area contributed by atoms with Gasteiger partial charge in [-0.3, -0.25) is 9.35 Å². The molecule has 0 saturated heterocycles. The minimum Gasteiger partial charge on any atom is -0.337 e. The number of rotatable bonds is 2. The van der Waals surface area contributed by atoms with Gasteiger partial charge in [0.2, 0.25) is 0 Å². The van der Waals surface area contributed by atoms with Crippen molar-refractivity contribution in [1.29, 1.82) is 0 Å². The summed E-state index contributed by atoms with van der Waals surface area (Å²) in [7, 11) is -4.57. The van der Waals surface area contributed by atoms with E-state index >= 15 is 0 Å². The molecule has 6 heteroatoms. The summed E-state index contributed by atoms with van der Waals surface area (Å²) in [5.41, 5.74) is 0. The normalized spacial score (nSPS) is 10.5. The molecule has 0 aromatic carbocycles. The summed E-state index contributed by atoms with van der Waals surface area (Å²) in [5, 5.41) is 0.468. The first-order chi connectivity index (χ1) is 4.48. The zero-order chi connectivity index (χ0) is 8.20. The molecule has 0 radical (unpaired) electrons. The van der Waals surface area contributed by atoms with Crippen LogP contribution in [0.25, 0.3) is 0 Å². The Bertz CT molecular complexity index is 230. The van der Waals surface area contributed by atoms with Crippen LogP contribution in [0.4, 0.5) is 4.79 Å². The highest BCUT2D eigenvalue weighted by Crippen LogP contribution is 1.82. The van der Waals surface area contributed by atoms with E-state index in [1.54, 1.807) is 0 Å². The quantitative estimate of drug-likeness (QED) is 0.437. The van der Waals surface area contributed by atoms with E-state index in [9.17, 15) is 13.2 Å². The Hall–Kier alpha value is -0.880. The van der Waals surface area contributed by atoms with E-state index in [1.165, 1.54) is 6.08 Å². The number of hydrogen-bond donors (Lipinski definition) is 2. The lowest BCUT2D eigenvalue weighted by molar-refractivity contribution is 0.256. The standard InChI is InChI=1S/C4H7NO4S/c1-2-3-5-4(6)10(7,8)9/h2H,1,3H2,(H,5,6)(H,7,8,9). The fraction of sp³-hybridized carbons (Fsp3) is 0.250. The minimum atomic E-state index is -4.57. The predicted octanol–water partition coefficient (Wildman–Crippen LogP) is -0.230. The monoisotopic (exact) mass is 165 g/mol. The van der Waals surface area contributed by atoms with E-state index in [0.29, 0.717) is 0 Å². The fourth-order valence-electron chi connectivity index (χ4n) is 0.247. The summed E-state index contributed by atoms with van der Waals surface area (Å²) < 4.78 is 27.9. The topological polar surface area (TPSA) is 83.5 Å². The molecule has 0 aliphatic heterocycles. The van der Waals surface area contributed by atoms with Gasteiger partial charge in [-0.2, -0.15) is 8.42 Å². The molecule has 0 aliphatic rings. The first-order valence-electron chi connectivity index (χ1n) is 2.34. The molecule has 0 aromatic rings. The summed E-state index contributed by atoms with van der Waals surface area (Å²) in [6, 6.07) is 0. The molecule has 5 nitrogen and oxygen atoms in total. The highest BCUT2D eigenvalue weighted by molar-refractivity contribution is 8.01. The van der Waals surface area contributed by atoms with E-state index < -0.39 is 15.4 Å². The minimum absolute atomic E-state index is 0.0125. The summed E-state index contributed by atoms with van der Waals surface area (Å²) in [6.07, 6.45) is 1.29. The average Bonchev–Trinajstić information content (AvgIpc) is 1.80. The van der Waals surface area contributed by atoms with Crippen molar-refractivity contribution in [2.24, 2.45) is 0 Å². The Morgan fingerprint density at radius 3 is 2.50 bits per heavy atom. The van der Waals surface area contributed by atoms with E-state index in [1.807, 2.05) is 5.32 Å². The number of hydrogen-bond acceptors (Lipinski definition) is 3. The van der Waals surface area contributed by atoms with Crippen LogP contribution < -0.4 is 5.32 Å². The molecule has 0 saturated carbocycles. The third-order valence-electron chi connectivity index (χ3n) is 0.625. The molecule has 1 amide bonds. The van der Waals surface area contributed by atoms with Crippen molar-refractivity contribution < 1.29 is 17.8 Å². The third-order valence-corrected chi connectivity index (χ3v) is 1.24. The lowest BCUT2D eigenvalue weighted by Gasteiger charge is -1.95. The maximum Gasteiger partial charge on any atom is 0.363 e. The summed E-state index contributed by atoms with van der Waals surface area (Å²) in [4.78, 5) is 10.2. The van der Waals surface area contributed by atoms with Crippen LogP contribution in [0.15, 0.2) is 12.7 Å². The smallest absolute Gasteiger partial charge is 0.337 e. The van der Waals surface area contributed by atoms with Crippen LogP contribution in [0, 0.1) is 0 Å². The zero-order valence-electron chi connectivity index (χ0n) is 5.07. The molecule has 0 spiro atoms. The van der Waals surface area contributed by atoms with Crippen molar-refractivity contribution in [3.05, 3.63) is 12.7 Å². The Balaban J connectivity index is 4.00. The van der Waals surface area contributed by atoms with Crippen LogP contribution in [-0.2, 0) is 10.1 Å². The lowest BCUT2D eigenvalue weighted by Crippen LogP contribution is -2.28. The van der Waals surface area contributed by atoms with Gasteiger partial charge in [0.15, 0.2) is 0 Å². The number of amides is 1. The molecule has 0 bridgehead atoms. The second-order valence-corrected chi connectivity index (χ2v) is 2.75.